The van der Waals surface area contributed by atoms with Crippen LogP contribution in [0.2, 0.25) is 0 Å². The molecule has 11 heteroatoms. The van der Waals surface area contributed by atoms with Crippen LogP contribution in [0.4, 0.5) is 19.2 Å². The number of nitrogens with zero attached hydrogens (tertiary/aromatic N) is 2. The summed E-state index contributed by atoms with van der Waals surface area (Å²) in [6.07, 6.45) is -4.76. The molecule has 0 aliphatic carbocycles. The third-order valence-electron chi connectivity index (χ3n) is 2.57. The summed E-state index contributed by atoms with van der Waals surface area (Å²) in [6.45, 7) is -0.379. The lowest BCUT2D eigenvalue weighted by molar-refractivity contribution is -0.141. The van der Waals surface area contributed by atoms with Crippen LogP contribution < -0.4 is 10.0 Å². The summed E-state index contributed by atoms with van der Waals surface area (Å²) >= 11 is 0. The first-order chi connectivity index (χ1) is 8.59. The van der Waals surface area contributed by atoms with Gasteiger partial charge in [-0.25, -0.2) is 13.6 Å². The maximum Gasteiger partial charge on any atom is 0.436 e. The Kier molecular flexibility index (Phi) is 3.05. The number of amides is 1. The van der Waals surface area contributed by atoms with Gasteiger partial charge in [0.1, 0.15) is 11.5 Å². The lowest BCUT2D eigenvalue weighted by Gasteiger charge is -2.10. The van der Waals surface area contributed by atoms with Gasteiger partial charge in [-0.05, 0) is 0 Å². The molecule has 19 heavy (non-hydrogen) atoms. The second kappa shape index (κ2) is 4.20. The number of aromatic nitrogens is 1. The van der Waals surface area contributed by atoms with E-state index in [0.29, 0.717) is 6.26 Å². The lowest BCUT2D eigenvalue weighted by atomic mass is 10.4. The van der Waals surface area contributed by atoms with Crippen LogP contribution in [0.1, 0.15) is 12.1 Å². The predicted octanol–water partition coefficient (Wildman–Crippen LogP) is 0.0872. The van der Waals surface area contributed by atoms with Gasteiger partial charge >= 0.3 is 12.2 Å². The van der Waals surface area contributed by atoms with E-state index in [4.69, 9.17) is 5.14 Å². The standard InChI is InChI=1S/C8H8F3N3O4S/c9-8(10,11)5-3-18-7(13-5)14-2-4(1-6(14)15)19(12,16)17/h3-4H,1-2H2,(H2,12,16,17). The number of rotatable bonds is 2. The monoisotopic (exact) mass is 299 g/mol. The average molecular weight is 299 g/mol. The van der Waals surface area contributed by atoms with Crippen LogP contribution in [0, 0.1) is 0 Å². The zero-order valence-corrected chi connectivity index (χ0v) is 10.0. The highest BCUT2D eigenvalue weighted by molar-refractivity contribution is 7.89. The van der Waals surface area contributed by atoms with Crippen molar-refractivity contribution >= 4 is 21.9 Å². The van der Waals surface area contributed by atoms with Gasteiger partial charge in [-0.15, -0.1) is 0 Å². The number of alkyl halides is 3. The zero-order chi connectivity index (χ0) is 14.4. The normalized spacial score (nSPS) is 21.2. The predicted molar refractivity (Wildman–Crippen MR) is 55.4 cm³/mol. The number of nitrogens with two attached hydrogens (primary N) is 1. The number of sulfonamides is 1. The molecule has 1 amide bonds. The van der Waals surface area contributed by atoms with Crippen LogP contribution in [0.3, 0.4) is 0 Å². The Labute approximate surface area is 105 Å². The first-order valence-electron chi connectivity index (χ1n) is 4.94. The van der Waals surface area contributed by atoms with Crippen LogP contribution >= 0.6 is 0 Å². The van der Waals surface area contributed by atoms with Crippen LogP contribution in [0.5, 0.6) is 0 Å². The molecular formula is C8H8F3N3O4S. The Bertz CT molecular complexity index is 609. The molecule has 1 saturated heterocycles. The lowest BCUT2D eigenvalue weighted by Crippen LogP contribution is -2.32. The molecule has 0 spiro atoms. The highest BCUT2D eigenvalue weighted by atomic mass is 32.2. The summed E-state index contributed by atoms with van der Waals surface area (Å²) in [4.78, 5) is 15.4. The van der Waals surface area contributed by atoms with Crippen LogP contribution in [-0.4, -0.2) is 31.1 Å². The molecule has 106 valence electrons. The van der Waals surface area contributed by atoms with E-state index in [0.717, 1.165) is 4.90 Å². The van der Waals surface area contributed by atoms with Gasteiger partial charge in [0.15, 0.2) is 5.69 Å². The van der Waals surface area contributed by atoms with Gasteiger partial charge in [0.2, 0.25) is 15.9 Å². The molecule has 1 unspecified atom stereocenters. The van der Waals surface area contributed by atoms with Gasteiger partial charge in [0.25, 0.3) is 0 Å². The third-order valence-corrected chi connectivity index (χ3v) is 3.81. The molecule has 1 aromatic rings. The Balaban J connectivity index is 2.24. The molecule has 0 aromatic carbocycles. The summed E-state index contributed by atoms with van der Waals surface area (Å²) in [5.41, 5.74) is -1.30. The van der Waals surface area contributed by atoms with Crippen molar-refractivity contribution in [2.24, 2.45) is 5.14 Å². The third kappa shape index (κ3) is 2.71. The van der Waals surface area contributed by atoms with Crippen molar-refractivity contribution in [3.63, 3.8) is 0 Å². The van der Waals surface area contributed by atoms with E-state index in [1.165, 1.54) is 0 Å². The minimum Gasteiger partial charge on any atom is -0.431 e. The van der Waals surface area contributed by atoms with E-state index >= 15 is 0 Å². The zero-order valence-electron chi connectivity index (χ0n) is 9.22. The summed E-state index contributed by atoms with van der Waals surface area (Å²) < 4.78 is 63.6. The minimum atomic E-state index is -4.70. The van der Waals surface area contributed by atoms with E-state index < -0.39 is 45.5 Å². The van der Waals surface area contributed by atoms with Gasteiger partial charge in [0.05, 0.1) is 0 Å². The smallest absolute Gasteiger partial charge is 0.431 e. The molecule has 1 fully saturated rings. The molecule has 2 heterocycles. The van der Waals surface area contributed by atoms with E-state index in [-0.39, 0.29) is 6.54 Å². The Morgan fingerprint density at radius 1 is 1.47 bits per heavy atom. The first kappa shape index (κ1) is 13.8. The molecule has 1 aliphatic heterocycles. The number of carbonyl (C=O) groups is 1. The fourth-order valence-corrected chi connectivity index (χ4v) is 2.33. The Hall–Kier alpha value is -1.62. The van der Waals surface area contributed by atoms with Crippen molar-refractivity contribution in [2.45, 2.75) is 17.8 Å². The van der Waals surface area contributed by atoms with Gasteiger partial charge in [0, 0.05) is 13.0 Å². The van der Waals surface area contributed by atoms with Crippen molar-refractivity contribution in [1.29, 1.82) is 0 Å². The fraction of sp³-hybridized carbons (Fsp3) is 0.500. The molecule has 0 radical (unpaired) electrons. The molecule has 7 nitrogen and oxygen atoms in total. The fourth-order valence-electron chi connectivity index (χ4n) is 1.60. The second-order valence-corrected chi connectivity index (χ2v) is 5.78. The number of hydrogen-bond donors (Lipinski definition) is 1. The Morgan fingerprint density at radius 3 is 2.53 bits per heavy atom. The van der Waals surface area contributed by atoms with E-state index in [1.807, 2.05) is 0 Å². The van der Waals surface area contributed by atoms with Gasteiger partial charge in [-0.3, -0.25) is 9.69 Å². The van der Waals surface area contributed by atoms with Crippen LogP contribution in [0.25, 0.3) is 0 Å². The number of primary sulfonamides is 1. The quantitative estimate of drug-likeness (QED) is 0.832. The maximum absolute atomic E-state index is 12.3. The molecule has 1 atom stereocenters. The molecular weight excluding hydrogens is 291 g/mol. The second-order valence-electron chi connectivity index (χ2n) is 3.93. The highest BCUT2D eigenvalue weighted by Gasteiger charge is 2.41. The maximum atomic E-state index is 12.3. The van der Waals surface area contributed by atoms with Gasteiger partial charge in [-0.2, -0.15) is 18.2 Å². The number of anilines is 1. The number of carbonyl (C=O) groups excluding carboxylic acids is 1. The topological polar surface area (TPSA) is 106 Å². The summed E-state index contributed by atoms with van der Waals surface area (Å²) in [5.74, 6) is -0.713. The van der Waals surface area contributed by atoms with Gasteiger partial charge < -0.3 is 4.42 Å². The summed E-state index contributed by atoms with van der Waals surface area (Å²) in [6, 6.07) is -0.594. The minimum absolute atomic E-state index is 0.354. The first-order valence-corrected chi connectivity index (χ1v) is 6.54. The molecule has 2 N–H and O–H groups in total. The van der Waals surface area contributed by atoms with Gasteiger partial charge in [-0.1, -0.05) is 0 Å². The van der Waals surface area contributed by atoms with Crippen molar-refractivity contribution in [3.05, 3.63) is 12.0 Å². The highest BCUT2D eigenvalue weighted by Crippen LogP contribution is 2.31. The van der Waals surface area contributed by atoms with Crippen LogP contribution in [0.15, 0.2) is 10.7 Å². The average Bonchev–Trinajstić information content (AvgIpc) is 2.80. The molecule has 0 bridgehead atoms. The molecule has 0 saturated carbocycles. The number of oxazole rings is 1. The van der Waals surface area contributed by atoms with E-state index in [1.54, 1.807) is 0 Å². The largest absolute Gasteiger partial charge is 0.436 e. The molecule has 2 rings (SSSR count). The molecule has 1 aliphatic rings. The molecule has 1 aromatic heterocycles. The van der Waals surface area contributed by atoms with Crippen molar-refractivity contribution in [2.75, 3.05) is 11.4 Å². The number of halogens is 3. The number of hydrogen-bond acceptors (Lipinski definition) is 5. The van der Waals surface area contributed by atoms with E-state index in [2.05, 4.69) is 9.40 Å². The van der Waals surface area contributed by atoms with E-state index in [9.17, 15) is 26.4 Å². The summed E-state index contributed by atoms with van der Waals surface area (Å²) in [7, 11) is -3.95. The van der Waals surface area contributed by atoms with Crippen molar-refractivity contribution in [1.82, 2.24) is 4.98 Å². The summed E-state index contributed by atoms with van der Waals surface area (Å²) in [5, 5.41) is 3.70. The Morgan fingerprint density at radius 2 is 2.11 bits per heavy atom. The SMILES string of the molecule is NS(=O)(=O)C1CC(=O)N(c2nc(C(F)(F)F)co2)C1. The van der Waals surface area contributed by atoms with Crippen molar-refractivity contribution < 1.29 is 30.8 Å². The van der Waals surface area contributed by atoms with Crippen molar-refractivity contribution in [3.8, 4) is 0 Å². The van der Waals surface area contributed by atoms with Crippen LogP contribution in [-0.2, 0) is 21.0 Å².